The van der Waals surface area contributed by atoms with Crippen LogP contribution in [-0.2, 0) is 19.1 Å². The summed E-state index contributed by atoms with van der Waals surface area (Å²) in [5.41, 5.74) is 0. The van der Waals surface area contributed by atoms with Crippen molar-refractivity contribution in [3.63, 3.8) is 0 Å². The largest absolute Gasteiger partial charge is 0.466 e. The van der Waals surface area contributed by atoms with Crippen LogP contribution in [0.4, 0.5) is 0 Å². The summed E-state index contributed by atoms with van der Waals surface area (Å²) in [4.78, 5) is 22.9. The van der Waals surface area contributed by atoms with E-state index in [1.807, 2.05) is 0 Å². The topological polar surface area (TPSA) is 52.6 Å². The van der Waals surface area contributed by atoms with Crippen LogP contribution >= 0.6 is 0 Å². The van der Waals surface area contributed by atoms with Crippen molar-refractivity contribution in [2.45, 2.75) is 130 Å². The lowest BCUT2D eigenvalue weighted by Crippen LogP contribution is -2.14. The molecule has 0 atom stereocenters. The van der Waals surface area contributed by atoms with Crippen LogP contribution in [-0.4, -0.2) is 24.6 Å². The normalized spacial score (nSPS) is 11.0. The highest BCUT2D eigenvalue weighted by Crippen LogP contribution is 2.13. The third-order valence-electron chi connectivity index (χ3n) is 4.66. The highest BCUT2D eigenvalue weighted by atomic mass is 16.5. The molecular formula is C23H44O4. The molecule has 27 heavy (non-hydrogen) atoms. The standard InChI is InChI=1S/C23H44O4/c1-4-5-6-7-8-9-10-11-12-13-14-15-16-17-20-26-22(24)18-19-23(25)27-21(2)3/h21H,4-20H2,1-3H3. The summed E-state index contributed by atoms with van der Waals surface area (Å²) < 4.78 is 10.1. The fourth-order valence-corrected chi connectivity index (χ4v) is 3.08. The van der Waals surface area contributed by atoms with Crippen LogP contribution in [0.1, 0.15) is 124 Å². The van der Waals surface area contributed by atoms with E-state index in [-0.39, 0.29) is 30.9 Å². The molecule has 0 amide bonds. The molecule has 0 aliphatic carbocycles. The van der Waals surface area contributed by atoms with E-state index in [1.165, 1.54) is 77.0 Å². The van der Waals surface area contributed by atoms with Crippen LogP contribution in [0.25, 0.3) is 0 Å². The SMILES string of the molecule is CCCCCCCCCCCCCCCCOC(=O)CCC(=O)OC(C)C. The zero-order chi connectivity index (χ0) is 20.2. The predicted molar refractivity (Wildman–Crippen MR) is 112 cm³/mol. The second-order valence-corrected chi connectivity index (χ2v) is 7.86. The first-order valence-corrected chi connectivity index (χ1v) is 11.4. The van der Waals surface area contributed by atoms with Gasteiger partial charge < -0.3 is 9.47 Å². The van der Waals surface area contributed by atoms with Crippen LogP contribution in [0.3, 0.4) is 0 Å². The molecular weight excluding hydrogens is 340 g/mol. The van der Waals surface area contributed by atoms with Crippen molar-refractivity contribution in [2.75, 3.05) is 6.61 Å². The van der Waals surface area contributed by atoms with Gasteiger partial charge in [-0.15, -0.1) is 0 Å². The number of unbranched alkanes of at least 4 members (excludes halogenated alkanes) is 13. The van der Waals surface area contributed by atoms with E-state index in [0.29, 0.717) is 6.61 Å². The number of carbonyl (C=O) groups is 2. The van der Waals surface area contributed by atoms with Gasteiger partial charge in [-0.3, -0.25) is 9.59 Å². The monoisotopic (exact) mass is 384 g/mol. The minimum absolute atomic E-state index is 0.107. The fourth-order valence-electron chi connectivity index (χ4n) is 3.08. The molecule has 0 radical (unpaired) electrons. The molecule has 0 aromatic heterocycles. The Bertz CT molecular complexity index is 352. The highest BCUT2D eigenvalue weighted by Gasteiger charge is 2.10. The van der Waals surface area contributed by atoms with E-state index in [0.717, 1.165) is 12.8 Å². The Morgan fingerprint density at radius 3 is 1.48 bits per heavy atom. The molecule has 0 aliphatic heterocycles. The number of rotatable bonds is 19. The molecule has 4 heteroatoms. The second kappa shape index (κ2) is 19.7. The Hall–Kier alpha value is -1.06. The van der Waals surface area contributed by atoms with Crippen molar-refractivity contribution in [2.24, 2.45) is 0 Å². The second-order valence-electron chi connectivity index (χ2n) is 7.86. The number of esters is 2. The zero-order valence-electron chi connectivity index (χ0n) is 18.2. The maximum absolute atomic E-state index is 11.5. The van der Waals surface area contributed by atoms with E-state index >= 15 is 0 Å². The van der Waals surface area contributed by atoms with Crippen molar-refractivity contribution >= 4 is 11.9 Å². The third-order valence-corrected chi connectivity index (χ3v) is 4.66. The van der Waals surface area contributed by atoms with Crippen LogP contribution in [0, 0.1) is 0 Å². The van der Waals surface area contributed by atoms with Gasteiger partial charge in [-0.2, -0.15) is 0 Å². The van der Waals surface area contributed by atoms with Gasteiger partial charge in [0.15, 0.2) is 0 Å². The Kier molecular flexibility index (Phi) is 18.9. The van der Waals surface area contributed by atoms with Gasteiger partial charge in [-0.1, -0.05) is 90.4 Å². The van der Waals surface area contributed by atoms with Gasteiger partial charge in [0.1, 0.15) is 0 Å². The molecule has 0 bridgehead atoms. The number of carbonyl (C=O) groups excluding carboxylic acids is 2. The minimum atomic E-state index is -0.335. The molecule has 0 saturated heterocycles. The smallest absolute Gasteiger partial charge is 0.306 e. The van der Waals surface area contributed by atoms with Crippen molar-refractivity contribution in [3.05, 3.63) is 0 Å². The van der Waals surface area contributed by atoms with E-state index < -0.39 is 0 Å². The molecule has 0 unspecified atom stereocenters. The van der Waals surface area contributed by atoms with Gasteiger partial charge in [0.25, 0.3) is 0 Å². The summed E-state index contributed by atoms with van der Waals surface area (Å²) in [6.45, 7) is 6.33. The first-order chi connectivity index (χ1) is 13.1. The predicted octanol–water partition coefficient (Wildman–Crippen LogP) is 6.74. The summed E-state index contributed by atoms with van der Waals surface area (Å²) >= 11 is 0. The van der Waals surface area contributed by atoms with Crippen LogP contribution in [0.2, 0.25) is 0 Å². The molecule has 0 N–H and O–H groups in total. The molecule has 0 aromatic rings. The molecule has 160 valence electrons. The van der Waals surface area contributed by atoms with E-state index in [4.69, 9.17) is 9.47 Å². The lowest BCUT2D eigenvalue weighted by Gasteiger charge is -2.08. The number of hydrogen-bond acceptors (Lipinski definition) is 4. The maximum Gasteiger partial charge on any atom is 0.306 e. The van der Waals surface area contributed by atoms with Gasteiger partial charge in [0.05, 0.1) is 25.6 Å². The zero-order valence-corrected chi connectivity index (χ0v) is 18.2. The summed E-state index contributed by atoms with van der Waals surface area (Å²) in [6, 6.07) is 0. The molecule has 0 spiro atoms. The fraction of sp³-hybridized carbons (Fsp3) is 0.913. The summed E-state index contributed by atoms with van der Waals surface area (Å²) in [5, 5.41) is 0. The first-order valence-electron chi connectivity index (χ1n) is 11.4. The van der Waals surface area contributed by atoms with Crippen molar-refractivity contribution in [3.8, 4) is 0 Å². The molecule has 0 rings (SSSR count). The average Bonchev–Trinajstić information content (AvgIpc) is 2.62. The van der Waals surface area contributed by atoms with Crippen molar-refractivity contribution in [1.29, 1.82) is 0 Å². The highest BCUT2D eigenvalue weighted by molar-refractivity contribution is 5.77. The molecule has 4 nitrogen and oxygen atoms in total. The van der Waals surface area contributed by atoms with Crippen molar-refractivity contribution in [1.82, 2.24) is 0 Å². The molecule has 0 aromatic carbocycles. The van der Waals surface area contributed by atoms with Gasteiger partial charge in [0, 0.05) is 0 Å². The van der Waals surface area contributed by atoms with E-state index in [9.17, 15) is 9.59 Å². The Morgan fingerprint density at radius 2 is 1.04 bits per heavy atom. The summed E-state index contributed by atoms with van der Waals surface area (Å²) in [5.74, 6) is -0.635. The Morgan fingerprint density at radius 1 is 0.630 bits per heavy atom. The lowest BCUT2D eigenvalue weighted by atomic mass is 10.0. The third kappa shape index (κ3) is 21.1. The molecule has 0 aliphatic rings. The van der Waals surface area contributed by atoms with Gasteiger partial charge in [-0.25, -0.2) is 0 Å². The summed E-state index contributed by atoms with van der Waals surface area (Å²) in [7, 11) is 0. The van der Waals surface area contributed by atoms with Crippen LogP contribution in [0.15, 0.2) is 0 Å². The average molecular weight is 385 g/mol. The van der Waals surface area contributed by atoms with Crippen LogP contribution in [0.5, 0.6) is 0 Å². The summed E-state index contributed by atoms with van der Waals surface area (Å²) in [6.07, 6.45) is 18.5. The van der Waals surface area contributed by atoms with Gasteiger partial charge >= 0.3 is 11.9 Å². The van der Waals surface area contributed by atoms with Crippen LogP contribution < -0.4 is 0 Å². The van der Waals surface area contributed by atoms with Gasteiger partial charge in [-0.05, 0) is 20.3 Å². The lowest BCUT2D eigenvalue weighted by molar-refractivity contribution is -0.152. The first kappa shape index (κ1) is 25.9. The number of ether oxygens (including phenoxy) is 2. The van der Waals surface area contributed by atoms with E-state index in [1.54, 1.807) is 13.8 Å². The minimum Gasteiger partial charge on any atom is -0.466 e. The molecule has 0 fully saturated rings. The number of hydrogen-bond donors (Lipinski definition) is 0. The van der Waals surface area contributed by atoms with Crippen molar-refractivity contribution < 1.29 is 19.1 Å². The maximum atomic E-state index is 11.5. The Labute approximate surface area is 167 Å². The quantitative estimate of drug-likeness (QED) is 0.183. The molecule has 0 heterocycles. The van der Waals surface area contributed by atoms with Gasteiger partial charge in [0.2, 0.25) is 0 Å². The van der Waals surface area contributed by atoms with E-state index in [2.05, 4.69) is 6.92 Å². The Balaban J connectivity index is 3.22. The molecule has 0 saturated carbocycles.